The van der Waals surface area contributed by atoms with E-state index in [4.69, 9.17) is 10.5 Å². The fraction of sp³-hybridized carbons (Fsp3) is 0.625. The minimum absolute atomic E-state index is 0. The van der Waals surface area contributed by atoms with Gasteiger partial charge in [0.2, 0.25) is 0 Å². The number of nitrogens with zero attached hydrogens (tertiary/aromatic N) is 2. The van der Waals surface area contributed by atoms with Crippen molar-refractivity contribution in [1.82, 2.24) is 15.2 Å². The lowest BCUT2D eigenvalue weighted by atomic mass is 10.3. The predicted molar refractivity (Wildman–Crippen MR) is 63.8 cm³/mol. The van der Waals surface area contributed by atoms with Crippen LogP contribution in [0.25, 0.3) is 0 Å². The first-order valence-corrected chi connectivity index (χ1v) is 4.45. The first kappa shape index (κ1) is 17.5. The zero-order valence-corrected chi connectivity index (χ0v) is 10.7. The zero-order valence-electron chi connectivity index (χ0n) is 9.10. The molecule has 0 spiro atoms. The fourth-order valence-corrected chi connectivity index (χ4v) is 0.942. The summed E-state index contributed by atoms with van der Waals surface area (Å²) in [4.78, 5) is 15.1. The van der Waals surface area contributed by atoms with Gasteiger partial charge in [-0.3, -0.25) is 9.89 Å². The van der Waals surface area contributed by atoms with E-state index in [1.165, 1.54) is 0 Å². The summed E-state index contributed by atoms with van der Waals surface area (Å²) in [6.07, 6.45) is 0.105. The van der Waals surface area contributed by atoms with Crippen molar-refractivity contribution in [3.05, 3.63) is 11.6 Å². The number of H-pyrrole nitrogens is 1. The van der Waals surface area contributed by atoms with Crippen LogP contribution in [0.4, 0.5) is 0 Å². The third-order valence-electron chi connectivity index (χ3n) is 1.57. The van der Waals surface area contributed by atoms with Crippen molar-refractivity contribution in [2.75, 3.05) is 6.61 Å². The molecule has 8 heteroatoms. The van der Waals surface area contributed by atoms with Crippen molar-refractivity contribution in [2.24, 2.45) is 5.73 Å². The van der Waals surface area contributed by atoms with Gasteiger partial charge in [-0.05, 0) is 13.8 Å². The lowest BCUT2D eigenvalue weighted by Crippen LogP contribution is -2.09. The van der Waals surface area contributed by atoms with Gasteiger partial charge in [-0.25, -0.2) is 4.98 Å². The van der Waals surface area contributed by atoms with E-state index in [0.29, 0.717) is 18.3 Å². The number of halogens is 2. The Morgan fingerprint density at radius 2 is 2.19 bits per heavy atom. The van der Waals surface area contributed by atoms with Crippen LogP contribution in [-0.4, -0.2) is 27.8 Å². The van der Waals surface area contributed by atoms with Crippen LogP contribution in [0.5, 0.6) is 0 Å². The quantitative estimate of drug-likeness (QED) is 0.789. The Labute approximate surface area is 106 Å². The third kappa shape index (κ3) is 5.29. The number of nitrogens with one attached hydrogen (secondary N) is 1. The van der Waals surface area contributed by atoms with Crippen molar-refractivity contribution < 1.29 is 9.53 Å². The highest BCUT2D eigenvalue weighted by molar-refractivity contribution is 5.85. The molecule has 0 aliphatic heterocycles. The smallest absolute Gasteiger partial charge is 0.313 e. The van der Waals surface area contributed by atoms with Gasteiger partial charge < -0.3 is 10.5 Å². The van der Waals surface area contributed by atoms with E-state index in [-0.39, 0.29) is 43.2 Å². The fourth-order valence-electron chi connectivity index (χ4n) is 0.942. The van der Waals surface area contributed by atoms with Gasteiger partial charge in [0.25, 0.3) is 0 Å². The Bertz CT molecular complexity index is 317. The standard InChI is InChI=1S/C8H14N4O2.2ClH/c1-3-14-7(13)4-6-10-8(5(2)9)12-11-6;;/h5H,3-4,9H2,1-2H3,(H,10,11,12);2*1H. The number of nitrogens with two attached hydrogens (primary N) is 1. The predicted octanol–water partition coefficient (Wildman–Crippen LogP) is 0.774. The van der Waals surface area contributed by atoms with Crippen LogP contribution < -0.4 is 5.73 Å². The Morgan fingerprint density at radius 3 is 2.62 bits per heavy atom. The molecular formula is C8H16Cl2N4O2. The van der Waals surface area contributed by atoms with E-state index in [1.807, 2.05) is 0 Å². The molecule has 3 N–H and O–H groups in total. The van der Waals surface area contributed by atoms with Crippen LogP contribution >= 0.6 is 24.8 Å². The highest BCUT2D eigenvalue weighted by Crippen LogP contribution is 2.02. The average molecular weight is 271 g/mol. The van der Waals surface area contributed by atoms with E-state index in [2.05, 4.69) is 15.2 Å². The molecule has 6 nitrogen and oxygen atoms in total. The van der Waals surface area contributed by atoms with E-state index in [1.54, 1.807) is 13.8 Å². The van der Waals surface area contributed by atoms with Gasteiger partial charge in [0.1, 0.15) is 12.2 Å². The number of ether oxygens (including phenoxy) is 1. The van der Waals surface area contributed by atoms with Crippen molar-refractivity contribution in [3.8, 4) is 0 Å². The largest absolute Gasteiger partial charge is 0.466 e. The second-order valence-corrected chi connectivity index (χ2v) is 2.91. The molecule has 1 atom stereocenters. The maximum atomic E-state index is 11.1. The molecule has 0 bridgehead atoms. The number of carbonyl (C=O) groups excluding carboxylic acids is 1. The molecule has 94 valence electrons. The van der Waals surface area contributed by atoms with Crippen LogP contribution in [-0.2, 0) is 16.0 Å². The van der Waals surface area contributed by atoms with Crippen molar-refractivity contribution >= 4 is 30.8 Å². The molecule has 0 aliphatic rings. The van der Waals surface area contributed by atoms with Crippen molar-refractivity contribution in [1.29, 1.82) is 0 Å². The number of aromatic nitrogens is 3. The normalized spacial score (nSPS) is 10.9. The highest BCUT2D eigenvalue weighted by atomic mass is 35.5. The monoisotopic (exact) mass is 270 g/mol. The van der Waals surface area contributed by atoms with Crippen LogP contribution in [0.3, 0.4) is 0 Å². The van der Waals surface area contributed by atoms with Crippen LogP contribution in [0.15, 0.2) is 0 Å². The first-order valence-electron chi connectivity index (χ1n) is 4.45. The lowest BCUT2D eigenvalue weighted by molar-refractivity contribution is -0.142. The number of carbonyl (C=O) groups is 1. The highest BCUT2D eigenvalue weighted by Gasteiger charge is 2.10. The van der Waals surface area contributed by atoms with Crippen molar-refractivity contribution in [3.63, 3.8) is 0 Å². The molecule has 0 aromatic carbocycles. The van der Waals surface area contributed by atoms with E-state index in [9.17, 15) is 4.79 Å². The second-order valence-electron chi connectivity index (χ2n) is 2.91. The molecule has 1 heterocycles. The summed E-state index contributed by atoms with van der Waals surface area (Å²) < 4.78 is 4.76. The molecule has 16 heavy (non-hydrogen) atoms. The van der Waals surface area contributed by atoms with Gasteiger partial charge >= 0.3 is 5.97 Å². The maximum Gasteiger partial charge on any atom is 0.313 e. The summed E-state index contributed by atoms with van der Waals surface area (Å²) >= 11 is 0. The summed E-state index contributed by atoms with van der Waals surface area (Å²) in [5.74, 6) is 0.667. The summed E-state index contributed by atoms with van der Waals surface area (Å²) in [5, 5.41) is 6.49. The minimum Gasteiger partial charge on any atom is -0.466 e. The molecule has 1 unspecified atom stereocenters. The zero-order chi connectivity index (χ0) is 10.6. The maximum absolute atomic E-state index is 11.1. The van der Waals surface area contributed by atoms with Crippen LogP contribution in [0.1, 0.15) is 31.5 Å². The van der Waals surface area contributed by atoms with Gasteiger partial charge in [0, 0.05) is 0 Å². The molecule has 1 aromatic rings. The molecule has 0 saturated carbocycles. The average Bonchev–Trinajstić information content (AvgIpc) is 2.53. The van der Waals surface area contributed by atoms with Gasteiger partial charge in [0.15, 0.2) is 5.82 Å². The van der Waals surface area contributed by atoms with Gasteiger partial charge in [-0.1, -0.05) is 0 Å². The number of rotatable bonds is 4. The third-order valence-corrected chi connectivity index (χ3v) is 1.57. The number of hydrogen-bond donors (Lipinski definition) is 2. The Hall–Kier alpha value is -0.850. The first-order chi connectivity index (χ1) is 6.63. The van der Waals surface area contributed by atoms with Gasteiger partial charge in [-0.2, -0.15) is 5.10 Å². The number of hydrogen-bond acceptors (Lipinski definition) is 5. The lowest BCUT2D eigenvalue weighted by Gasteiger charge is -1.97. The summed E-state index contributed by atoms with van der Waals surface area (Å²) in [7, 11) is 0. The topological polar surface area (TPSA) is 93.9 Å². The van der Waals surface area contributed by atoms with E-state index >= 15 is 0 Å². The van der Waals surface area contributed by atoms with Gasteiger partial charge in [-0.15, -0.1) is 24.8 Å². The molecule has 1 aromatic heterocycles. The van der Waals surface area contributed by atoms with Gasteiger partial charge in [0.05, 0.1) is 12.6 Å². The Kier molecular flexibility index (Phi) is 9.12. The Morgan fingerprint density at radius 1 is 1.56 bits per heavy atom. The van der Waals surface area contributed by atoms with E-state index in [0.717, 1.165) is 0 Å². The van der Waals surface area contributed by atoms with Crippen molar-refractivity contribution in [2.45, 2.75) is 26.3 Å². The molecular weight excluding hydrogens is 255 g/mol. The molecule has 1 rings (SSSR count). The second kappa shape index (κ2) is 8.32. The number of aromatic amines is 1. The Balaban J connectivity index is 0. The number of esters is 1. The summed E-state index contributed by atoms with van der Waals surface area (Å²) in [5.41, 5.74) is 5.56. The molecule has 0 saturated heterocycles. The summed E-state index contributed by atoms with van der Waals surface area (Å²) in [6, 6.07) is -0.234. The molecule has 0 amide bonds. The SMILES string of the molecule is CCOC(=O)Cc1nc(C(C)N)n[nH]1.Cl.Cl. The van der Waals surface area contributed by atoms with E-state index < -0.39 is 0 Å². The van der Waals surface area contributed by atoms with Crippen LogP contribution in [0, 0.1) is 0 Å². The molecule has 0 aliphatic carbocycles. The van der Waals surface area contributed by atoms with Crippen LogP contribution in [0.2, 0.25) is 0 Å². The molecule has 0 radical (unpaired) electrons. The molecule has 0 fully saturated rings. The minimum atomic E-state index is -0.320. The summed E-state index contributed by atoms with van der Waals surface area (Å²) in [6.45, 7) is 3.90.